The van der Waals surface area contributed by atoms with Gasteiger partial charge in [-0.15, -0.1) is 0 Å². The molecule has 1 fully saturated rings. The van der Waals surface area contributed by atoms with Gasteiger partial charge in [-0.25, -0.2) is 4.39 Å². The molecule has 1 saturated carbocycles. The van der Waals surface area contributed by atoms with E-state index in [0.29, 0.717) is 23.6 Å². The Bertz CT molecular complexity index is 966. The van der Waals surface area contributed by atoms with Gasteiger partial charge < -0.3 is 9.74 Å². The second kappa shape index (κ2) is 8.93. The van der Waals surface area contributed by atoms with E-state index in [0.717, 1.165) is 16.7 Å². The van der Waals surface area contributed by atoms with Crippen LogP contribution >= 0.6 is 0 Å². The molecule has 0 aromatic heterocycles. The van der Waals surface area contributed by atoms with Crippen LogP contribution in [0, 0.1) is 11.3 Å². The molecule has 4 rings (SSSR count). The largest absolute Gasteiger partial charge is 0.426 e. The number of halogens is 1. The SMILES string of the molecule is CC(C)(C)C1C(F)C(CO[SiH3])(NCc2ccccc2)C1(c1ccccc1)c1ccccc1. The first kappa shape index (κ1) is 22.9. The van der Waals surface area contributed by atoms with Crippen molar-refractivity contribution in [3.63, 3.8) is 0 Å². The highest BCUT2D eigenvalue weighted by Crippen LogP contribution is 2.66. The lowest BCUT2D eigenvalue weighted by atomic mass is 9.37. The molecule has 3 aromatic rings. The highest BCUT2D eigenvalue weighted by Gasteiger charge is 2.75. The minimum atomic E-state index is -1.06. The minimum absolute atomic E-state index is 0.208. The lowest BCUT2D eigenvalue weighted by Crippen LogP contribution is -2.84. The van der Waals surface area contributed by atoms with E-state index >= 15 is 4.39 Å². The summed E-state index contributed by atoms with van der Waals surface area (Å²) in [6, 6.07) is 31.2. The third-order valence-electron chi connectivity index (χ3n) is 7.15. The molecular weight excluding hydrogens is 413 g/mol. The van der Waals surface area contributed by atoms with Crippen LogP contribution < -0.4 is 5.32 Å². The van der Waals surface area contributed by atoms with Crippen LogP contribution in [0.2, 0.25) is 0 Å². The zero-order valence-electron chi connectivity index (χ0n) is 19.5. The first-order valence-corrected chi connectivity index (χ1v) is 12.2. The van der Waals surface area contributed by atoms with E-state index in [4.69, 9.17) is 4.43 Å². The summed E-state index contributed by atoms with van der Waals surface area (Å²) >= 11 is 0. The zero-order chi connectivity index (χ0) is 22.8. The van der Waals surface area contributed by atoms with Gasteiger partial charge in [0.15, 0.2) is 0 Å². The Kier molecular flexibility index (Phi) is 6.39. The fraction of sp³-hybridized carbons (Fsp3) is 0.357. The van der Waals surface area contributed by atoms with Gasteiger partial charge >= 0.3 is 0 Å². The topological polar surface area (TPSA) is 21.3 Å². The molecule has 4 heteroatoms. The summed E-state index contributed by atoms with van der Waals surface area (Å²) in [4.78, 5) is 0. The normalized spacial score (nSPS) is 24.8. The van der Waals surface area contributed by atoms with Gasteiger partial charge in [-0.1, -0.05) is 112 Å². The zero-order valence-corrected chi connectivity index (χ0v) is 21.5. The molecule has 0 amide bonds. The van der Waals surface area contributed by atoms with E-state index in [-0.39, 0.29) is 11.3 Å². The van der Waals surface area contributed by atoms with Crippen LogP contribution in [0.3, 0.4) is 0 Å². The average molecular weight is 448 g/mol. The molecule has 32 heavy (non-hydrogen) atoms. The third kappa shape index (κ3) is 3.55. The Hall–Kier alpha value is -2.27. The van der Waals surface area contributed by atoms with Crippen LogP contribution in [0.5, 0.6) is 0 Å². The van der Waals surface area contributed by atoms with Gasteiger partial charge in [0.05, 0.1) is 12.1 Å². The summed E-state index contributed by atoms with van der Waals surface area (Å²) in [5.41, 5.74) is 1.74. The lowest BCUT2D eigenvalue weighted by Gasteiger charge is -2.70. The molecule has 0 saturated heterocycles. The van der Waals surface area contributed by atoms with Gasteiger partial charge in [0.2, 0.25) is 0 Å². The third-order valence-corrected chi connectivity index (χ3v) is 7.44. The number of rotatable bonds is 7. The lowest BCUT2D eigenvalue weighted by molar-refractivity contribution is -0.161. The van der Waals surface area contributed by atoms with Gasteiger partial charge in [0, 0.05) is 17.9 Å². The van der Waals surface area contributed by atoms with E-state index in [1.54, 1.807) is 0 Å². The second-order valence-corrected chi connectivity index (χ2v) is 10.6. The molecule has 3 aromatic carbocycles. The fourth-order valence-corrected chi connectivity index (χ4v) is 6.45. The monoisotopic (exact) mass is 447 g/mol. The Morgan fingerprint density at radius 2 is 1.31 bits per heavy atom. The summed E-state index contributed by atoms with van der Waals surface area (Å²) in [5.74, 6) is -0.208. The second-order valence-electron chi connectivity index (χ2n) is 10.0. The van der Waals surface area contributed by atoms with Crippen molar-refractivity contribution in [2.75, 3.05) is 6.61 Å². The molecule has 1 aliphatic rings. The maximum absolute atomic E-state index is 16.6. The van der Waals surface area contributed by atoms with Crippen LogP contribution in [0.15, 0.2) is 91.0 Å². The summed E-state index contributed by atoms with van der Waals surface area (Å²) < 4.78 is 22.5. The minimum Gasteiger partial charge on any atom is -0.426 e. The molecule has 1 N–H and O–H groups in total. The van der Waals surface area contributed by atoms with Crippen LogP contribution in [-0.2, 0) is 16.4 Å². The molecular formula is C28H34FNOSi. The predicted molar refractivity (Wildman–Crippen MR) is 133 cm³/mol. The number of benzene rings is 3. The van der Waals surface area contributed by atoms with E-state index in [1.807, 2.05) is 30.3 Å². The van der Waals surface area contributed by atoms with Crippen LogP contribution in [0.25, 0.3) is 0 Å². The van der Waals surface area contributed by atoms with Crippen molar-refractivity contribution in [3.8, 4) is 0 Å². The molecule has 0 radical (unpaired) electrons. The molecule has 0 bridgehead atoms. The van der Waals surface area contributed by atoms with Crippen LogP contribution in [0.4, 0.5) is 4.39 Å². The van der Waals surface area contributed by atoms with Gasteiger partial charge in [-0.2, -0.15) is 0 Å². The van der Waals surface area contributed by atoms with Gasteiger partial charge in [0.1, 0.15) is 16.7 Å². The predicted octanol–water partition coefficient (Wildman–Crippen LogP) is 4.81. The van der Waals surface area contributed by atoms with E-state index in [2.05, 4.69) is 86.8 Å². The summed E-state index contributed by atoms with van der Waals surface area (Å²) in [7, 11) is 0.557. The number of alkyl halides is 1. The highest BCUT2D eigenvalue weighted by molar-refractivity contribution is 5.98. The van der Waals surface area contributed by atoms with E-state index in [1.165, 1.54) is 0 Å². The Balaban J connectivity index is 1.95. The summed E-state index contributed by atoms with van der Waals surface area (Å²) in [6.45, 7) is 7.41. The maximum Gasteiger partial charge on any atom is 0.146 e. The van der Waals surface area contributed by atoms with Gasteiger partial charge in [-0.05, 0) is 22.1 Å². The van der Waals surface area contributed by atoms with Crippen molar-refractivity contribution in [1.29, 1.82) is 0 Å². The van der Waals surface area contributed by atoms with E-state index in [9.17, 15) is 0 Å². The van der Waals surface area contributed by atoms with E-state index < -0.39 is 17.1 Å². The Labute approximate surface area is 194 Å². The maximum atomic E-state index is 16.6. The van der Waals surface area contributed by atoms with Gasteiger partial charge in [0.25, 0.3) is 0 Å². The number of hydrogen-bond donors (Lipinski definition) is 1. The van der Waals surface area contributed by atoms with Crippen molar-refractivity contribution in [1.82, 2.24) is 5.32 Å². The van der Waals surface area contributed by atoms with Crippen molar-refractivity contribution >= 4 is 10.5 Å². The molecule has 3 unspecified atom stereocenters. The van der Waals surface area contributed by atoms with Gasteiger partial charge in [-0.3, -0.25) is 0 Å². The quantitative estimate of drug-likeness (QED) is 0.525. The first-order chi connectivity index (χ1) is 15.4. The van der Waals surface area contributed by atoms with Crippen molar-refractivity contribution in [3.05, 3.63) is 108 Å². The summed E-state index contributed by atoms with van der Waals surface area (Å²) in [5, 5.41) is 3.71. The average Bonchev–Trinajstić information content (AvgIpc) is 2.80. The number of hydrogen-bond acceptors (Lipinski definition) is 2. The van der Waals surface area contributed by atoms with Crippen molar-refractivity contribution < 1.29 is 8.82 Å². The molecule has 3 atom stereocenters. The molecule has 0 aliphatic heterocycles. The molecule has 1 aliphatic carbocycles. The van der Waals surface area contributed by atoms with Crippen LogP contribution in [0.1, 0.15) is 37.5 Å². The molecule has 0 spiro atoms. The first-order valence-electron chi connectivity index (χ1n) is 11.4. The summed E-state index contributed by atoms with van der Waals surface area (Å²) in [6.07, 6.45) is -1.06. The molecule has 168 valence electrons. The van der Waals surface area contributed by atoms with Crippen molar-refractivity contribution in [2.24, 2.45) is 11.3 Å². The Morgan fingerprint density at radius 1 is 0.844 bits per heavy atom. The van der Waals surface area contributed by atoms with Crippen molar-refractivity contribution in [2.45, 2.75) is 44.4 Å². The smallest absolute Gasteiger partial charge is 0.146 e. The number of nitrogens with one attached hydrogen (secondary N) is 1. The standard InChI is InChI=1S/C28H34FNOSi/c1-26(2,3)24-25(29)27(20-31-32,30-19-21-13-7-4-8-14-21)28(24,22-15-9-5-10-16-22)23-17-11-6-12-18-23/h4-18,24-25,30H,19-20H2,1-3,32H3. The molecule has 0 heterocycles. The molecule has 2 nitrogen and oxygen atoms in total. The fourth-order valence-electron chi connectivity index (χ4n) is 6.00. The highest BCUT2D eigenvalue weighted by atomic mass is 28.2. The van der Waals surface area contributed by atoms with Crippen LogP contribution in [-0.4, -0.2) is 28.8 Å². The Morgan fingerprint density at radius 3 is 1.75 bits per heavy atom.